The molecule has 0 aliphatic carbocycles. The molecule has 0 aromatic carbocycles. The zero-order valence-electron chi connectivity index (χ0n) is 8.79. The molecule has 0 aliphatic rings. The second-order valence-corrected chi connectivity index (χ2v) is 3.50. The van der Waals surface area contributed by atoms with E-state index in [1.165, 1.54) is 13.8 Å². The first-order valence-corrected chi connectivity index (χ1v) is 4.60. The highest BCUT2D eigenvalue weighted by molar-refractivity contribution is 6.02. The van der Waals surface area contributed by atoms with Gasteiger partial charge in [-0.1, -0.05) is 6.92 Å². The summed E-state index contributed by atoms with van der Waals surface area (Å²) in [5.74, 6) is -1.60. The van der Waals surface area contributed by atoms with Crippen LogP contribution in [0.3, 0.4) is 0 Å². The van der Waals surface area contributed by atoms with Crippen molar-refractivity contribution in [1.82, 2.24) is 0 Å². The van der Waals surface area contributed by atoms with E-state index in [0.29, 0.717) is 0 Å². The number of hydrogen-bond acceptors (Lipinski definition) is 3. The van der Waals surface area contributed by atoms with Gasteiger partial charge in [0.05, 0.1) is 0 Å². The van der Waals surface area contributed by atoms with Crippen molar-refractivity contribution in [2.24, 2.45) is 5.41 Å². The van der Waals surface area contributed by atoms with Crippen LogP contribution in [0.1, 0.15) is 40.0 Å². The molecule has 80 valence electrons. The molecule has 1 N–H and O–H groups in total. The van der Waals surface area contributed by atoms with Crippen LogP contribution in [0.25, 0.3) is 0 Å². The van der Waals surface area contributed by atoms with E-state index in [-0.39, 0.29) is 30.8 Å². The number of aliphatic carboxylic acids is 1. The minimum Gasteiger partial charge on any atom is -0.480 e. The average Bonchev–Trinajstić information content (AvgIpc) is 2.04. The summed E-state index contributed by atoms with van der Waals surface area (Å²) in [5, 5.41) is 8.97. The molecule has 1 atom stereocenters. The lowest BCUT2D eigenvalue weighted by atomic mass is 9.77. The van der Waals surface area contributed by atoms with Crippen LogP contribution in [-0.2, 0) is 14.4 Å². The number of hydrogen-bond donors (Lipinski definition) is 1. The zero-order chi connectivity index (χ0) is 11.4. The van der Waals surface area contributed by atoms with E-state index in [1.54, 1.807) is 6.92 Å². The van der Waals surface area contributed by atoms with Crippen molar-refractivity contribution in [2.75, 3.05) is 0 Å². The Bertz CT molecular complexity index is 241. The van der Waals surface area contributed by atoms with Crippen LogP contribution >= 0.6 is 0 Å². The fraction of sp³-hybridized carbons (Fsp3) is 0.700. The Hall–Kier alpha value is -1.19. The van der Waals surface area contributed by atoms with Crippen LogP contribution in [0, 0.1) is 5.41 Å². The summed E-state index contributed by atoms with van der Waals surface area (Å²) in [6.45, 7) is 4.30. The number of ketones is 2. The Morgan fingerprint density at radius 1 is 1.21 bits per heavy atom. The molecule has 0 aliphatic heterocycles. The predicted octanol–water partition coefficient (Wildman–Crippen LogP) is 1.43. The Morgan fingerprint density at radius 2 is 1.71 bits per heavy atom. The molecule has 0 spiro atoms. The predicted molar refractivity (Wildman–Crippen MR) is 51.0 cm³/mol. The monoisotopic (exact) mass is 200 g/mol. The second kappa shape index (κ2) is 4.88. The Morgan fingerprint density at radius 3 is 1.93 bits per heavy atom. The molecule has 4 heteroatoms. The molecule has 0 fully saturated rings. The molecule has 4 nitrogen and oxygen atoms in total. The number of Topliss-reactive ketones (excluding diaryl/α,β-unsaturated/α-hetero) is 2. The summed E-state index contributed by atoms with van der Waals surface area (Å²) in [6.07, 6.45) is 0.466. The third-order valence-corrected chi connectivity index (χ3v) is 2.59. The van der Waals surface area contributed by atoms with Crippen molar-refractivity contribution in [3.8, 4) is 0 Å². The van der Waals surface area contributed by atoms with Gasteiger partial charge in [-0.2, -0.15) is 0 Å². The zero-order valence-corrected chi connectivity index (χ0v) is 8.79. The summed E-state index contributed by atoms with van der Waals surface area (Å²) in [6, 6.07) is 0. The first-order valence-electron chi connectivity index (χ1n) is 4.60. The van der Waals surface area contributed by atoms with Crippen LogP contribution in [0.15, 0.2) is 0 Å². The smallest absolute Gasteiger partial charge is 0.317 e. The largest absolute Gasteiger partial charge is 0.480 e. The van der Waals surface area contributed by atoms with E-state index in [4.69, 9.17) is 5.11 Å². The fourth-order valence-electron chi connectivity index (χ4n) is 1.40. The van der Waals surface area contributed by atoms with Gasteiger partial charge in [0.15, 0.2) is 0 Å². The van der Waals surface area contributed by atoms with Gasteiger partial charge in [0, 0.05) is 6.42 Å². The van der Waals surface area contributed by atoms with Crippen LogP contribution in [-0.4, -0.2) is 22.6 Å². The number of carboxylic acid groups (broad SMARTS) is 1. The molecule has 0 amide bonds. The second-order valence-electron chi connectivity index (χ2n) is 3.50. The van der Waals surface area contributed by atoms with E-state index >= 15 is 0 Å². The third-order valence-electron chi connectivity index (χ3n) is 2.59. The topological polar surface area (TPSA) is 71.4 Å². The molecule has 0 heterocycles. The summed E-state index contributed by atoms with van der Waals surface area (Å²) in [4.78, 5) is 33.0. The lowest BCUT2D eigenvalue weighted by Gasteiger charge is -2.24. The molecule has 0 saturated heterocycles. The average molecular weight is 200 g/mol. The van der Waals surface area contributed by atoms with E-state index in [2.05, 4.69) is 0 Å². The Kier molecular flexibility index (Phi) is 4.47. The van der Waals surface area contributed by atoms with Crippen molar-refractivity contribution in [1.29, 1.82) is 0 Å². The maximum atomic E-state index is 11.3. The molecule has 0 saturated carbocycles. The van der Waals surface area contributed by atoms with Gasteiger partial charge in [0.2, 0.25) is 0 Å². The Labute approximate surface area is 83.3 Å². The quantitative estimate of drug-likeness (QED) is 0.658. The summed E-state index contributed by atoms with van der Waals surface area (Å²) in [7, 11) is 0. The molecule has 0 aromatic heterocycles. The van der Waals surface area contributed by atoms with Crippen LogP contribution in [0.5, 0.6) is 0 Å². The van der Waals surface area contributed by atoms with Crippen LogP contribution in [0.2, 0.25) is 0 Å². The SMILES string of the molecule is CCC(CCC(C)=O)(C(C)=O)C(=O)O. The van der Waals surface area contributed by atoms with Gasteiger partial charge in [-0.15, -0.1) is 0 Å². The third kappa shape index (κ3) is 2.65. The lowest BCUT2D eigenvalue weighted by Crippen LogP contribution is -2.37. The maximum absolute atomic E-state index is 11.3. The van der Waals surface area contributed by atoms with Gasteiger partial charge in [-0.3, -0.25) is 9.59 Å². The van der Waals surface area contributed by atoms with Crippen LogP contribution < -0.4 is 0 Å². The van der Waals surface area contributed by atoms with Gasteiger partial charge < -0.3 is 9.90 Å². The molecule has 0 aromatic rings. The minimum absolute atomic E-state index is 0.0923. The van der Waals surface area contributed by atoms with Gasteiger partial charge in [-0.25, -0.2) is 0 Å². The molecule has 1 unspecified atom stereocenters. The molecule has 0 radical (unpaired) electrons. The van der Waals surface area contributed by atoms with E-state index in [9.17, 15) is 14.4 Å². The summed E-state index contributed by atoms with van der Waals surface area (Å²) >= 11 is 0. The molecule has 0 rings (SSSR count). The van der Waals surface area contributed by atoms with Crippen molar-refractivity contribution in [3.05, 3.63) is 0 Å². The maximum Gasteiger partial charge on any atom is 0.317 e. The minimum atomic E-state index is -1.37. The molecule has 0 bridgehead atoms. The summed E-state index contributed by atoms with van der Waals surface area (Å²) in [5.41, 5.74) is -1.37. The fourth-order valence-corrected chi connectivity index (χ4v) is 1.40. The van der Waals surface area contributed by atoms with Crippen molar-refractivity contribution < 1.29 is 19.5 Å². The highest BCUT2D eigenvalue weighted by Crippen LogP contribution is 2.29. The van der Waals surface area contributed by atoms with Crippen molar-refractivity contribution in [3.63, 3.8) is 0 Å². The number of rotatable bonds is 6. The number of carbonyl (C=O) groups excluding carboxylic acids is 2. The van der Waals surface area contributed by atoms with E-state index in [1.807, 2.05) is 0 Å². The lowest BCUT2D eigenvalue weighted by molar-refractivity contribution is -0.155. The van der Waals surface area contributed by atoms with Crippen LogP contribution in [0.4, 0.5) is 0 Å². The van der Waals surface area contributed by atoms with Gasteiger partial charge in [-0.05, 0) is 26.7 Å². The van der Waals surface area contributed by atoms with Crippen molar-refractivity contribution >= 4 is 17.5 Å². The molecule has 14 heavy (non-hydrogen) atoms. The van der Waals surface area contributed by atoms with E-state index < -0.39 is 11.4 Å². The highest BCUT2D eigenvalue weighted by Gasteiger charge is 2.41. The number of carbonyl (C=O) groups is 3. The Balaban J connectivity index is 4.77. The first-order chi connectivity index (χ1) is 6.36. The normalized spacial score (nSPS) is 14.5. The highest BCUT2D eigenvalue weighted by atomic mass is 16.4. The van der Waals surface area contributed by atoms with Gasteiger partial charge in [0.25, 0.3) is 0 Å². The standard InChI is InChI=1S/C10H16O4/c1-4-10(8(3)12,9(13)14)6-5-7(2)11/h4-6H2,1-3H3,(H,13,14). The summed E-state index contributed by atoms with van der Waals surface area (Å²) < 4.78 is 0. The van der Waals surface area contributed by atoms with Crippen molar-refractivity contribution in [2.45, 2.75) is 40.0 Å². The first kappa shape index (κ1) is 12.8. The van der Waals surface area contributed by atoms with Gasteiger partial charge >= 0.3 is 5.97 Å². The number of carboxylic acids is 1. The molecular formula is C10H16O4. The van der Waals surface area contributed by atoms with Gasteiger partial charge in [0.1, 0.15) is 17.0 Å². The molecular weight excluding hydrogens is 184 g/mol. The van der Waals surface area contributed by atoms with E-state index in [0.717, 1.165) is 0 Å².